The Labute approximate surface area is 120 Å². The van der Waals surface area contributed by atoms with Gasteiger partial charge in [-0.1, -0.05) is 12.1 Å². The Balaban J connectivity index is 2.17. The molecule has 0 unspecified atom stereocenters. The molecule has 106 valence electrons. The summed E-state index contributed by atoms with van der Waals surface area (Å²) in [5.74, 6) is -0.112. The molecule has 0 saturated heterocycles. The molecule has 0 bridgehead atoms. The number of aromatic amines is 2. The number of hydrogen-bond acceptors (Lipinski definition) is 3. The summed E-state index contributed by atoms with van der Waals surface area (Å²) in [5, 5.41) is 0. The Kier molecular flexibility index (Phi) is 3.06. The number of carbonyl (C=O) groups excluding carboxylic acids is 1. The molecule has 2 aromatic heterocycles. The van der Waals surface area contributed by atoms with Crippen LogP contribution < -0.4 is 5.69 Å². The minimum atomic E-state index is -0.258. The lowest BCUT2D eigenvalue weighted by Crippen LogP contribution is -2.21. The van der Waals surface area contributed by atoms with E-state index in [9.17, 15) is 9.59 Å². The van der Waals surface area contributed by atoms with Crippen LogP contribution >= 0.6 is 0 Å². The molecule has 0 saturated carbocycles. The summed E-state index contributed by atoms with van der Waals surface area (Å²) < 4.78 is 0. The van der Waals surface area contributed by atoms with Crippen molar-refractivity contribution in [1.29, 1.82) is 0 Å². The van der Waals surface area contributed by atoms with Gasteiger partial charge in [0.25, 0.3) is 5.91 Å². The number of benzene rings is 1. The first-order chi connectivity index (χ1) is 10.1. The molecule has 2 N–H and O–H groups in total. The number of para-hydroxylation sites is 1. The zero-order valence-electron chi connectivity index (χ0n) is 11.7. The average molecular weight is 282 g/mol. The predicted molar refractivity (Wildman–Crippen MR) is 80.2 cm³/mol. The largest absolute Gasteiger partial charge is 0.345 e. The van der Waals surface area contributed by atoms with E-state index in [1.165, 1.54) is 11.1 Å². The van der Waals surface area contributed by atoms with Gasteiger partial charge in [0.15, 0.2) is 0 Å². The minimum absolute atomic E-state index is 0.112. The first-order valence-electron chi connectivity index (χ1n) is 6.44. The van der Waals surface area contributed by atoms with Crippen molar-refractivity contribution >= 4 is 16.9 Å². The van der Waals surface area contributed by atoms with Gasteiger partial charge in [0.2, 0.25) is 0 Å². The standard InChI is InChI=1S/C15H14N4O2/c1-19(2)14(20)10-6-9(7-16-8-10)11-4-3-5-12-13(11)18-15(21)17-12/h3-8H,1-2H3,(H2,17,18,21). The molecule has 1 amide bonds. The lowest BCUT2D eigenvalue weighted by atomic mass is 10.0. The minimum Gasteiger partial charge on any atom is -0.345 e. The van der Waals surface area contributed by atoms with Gasteiger partial charge in [-0.3, -0.25) is 9.78 Å². The molecule has 3 aromatic rings. The highest BCUT2D eigenvalue weighted by atomic mass is 16.2. The molecule has 0 spiro atoms. The number of aromatic nitrogens is 3. The van der Waals surface area contributed by atoms with Gasteiger partial charge in [0.05, 0.1) is 16.6 Å². The fourth-order valence-electron chi connectivity index (χ4n) is 2.26. The molecule has 2 heterocycles. The van der Waals surface area contributed by atoms with Crippen LogP contribution in [0.15, 0.2) is 41.5 Å². The molecule has 3 rings (SSSR count). The third-order valence-corrected chi connectivity index (χ3v) is 3.25. The van der Waals surface area contributed by atoms with Crippen LogP contribution in [0.5, 0.6) is 0 Å². The smallest absolute Gasteiger partial charge is 0.323 e. The van der Waals surface area contributed by atoms with Crippen LogP contribution in [0.2, 0.25) is 0 Å². The molecule has 1 aromatic carbocycles. The van der Waals surface area contributed by atoms with Crippen molar-refractivity contribution in [2.75, 3.05) is 14.1 Å². The van der Waals surface area contributed by atoms with Crippen LogP contribution in [-0.4, -0.2) is 39.9 Å². The lowest BCUT2D eigenvalue weighted by Gasteiger charge is -2.11. The molecule has 21 heavy (non-hydrogen) atoms. The van der Waals surface area contributed by atoms with E-state index in [2.05, 4.69) is 15.0 Å². The third-order valence-electron chi connectivity index (χ3n) is 3.25. The Bertz CT molecular complexity index is 877. The number of nitrogens with zero attached hydrogens (tertiary/aromatic N) is 2. The number of amides is 1. The number of imidazole rings is 1. The Morgan fingerprint density at radius 1 is 1.19 bits per heavy atom. The highest BCUT2D eigenvalue weighted by Gasteiger charge is 2.12. The first-order valence-corrected chi connectivity index (χ1v) is 6.44. The lowest BCUT2D eigenvalue weighted by molar-refractivity contribution is 0.0827. The SMILES string of the molecule is CN(C)C(=O)c1cncc(-c2cccc3[nH]c(=O)[nH]c23)c1. The maximum absolute atomic E-state index is 12.0. The van der Waals surface area contributed by atoms with E-state index >= 15 is 0 Å². The van der Waals surface area contributed by atoms with Crippen molar-refractivity contribution in [3.63, 3.8) is 0 Å². The number of nitrogens with one attached hydrogen (secondary N) is 2. The van der Waals surface area contributed by atoms with E-state index in [1.807, 2.05) is 18.2 Å². The normalized spacial score (nSPS) is 10.8. The van der Waals surface area contributed by atoms with Crippen LogP contribution in [0.1, 0.15) is 10.4 Å². The summed E-state index contributed by atoms with van der Waals surface area (Å²) in [5.41, 5.74) is 3.29. The van der Waals surface area contributed by atoms with E-state index in [0.717, 1.165) is 16.6 Å². The molecule has 6 heteroatoms. The zero-order chi connectivity index (χ0) is 15.0. The van der Waals surface area contributed by atoms with Crippen molar-refractivity contribution in [2.24, 2.45) is 0 Å². The maximum atomic E-state index is 12.0. The van der Waals surface area contributed by atoms with Crippen LogP contribution in [0.3, 0.4) is 0 Å². The van der Waals surface area contributed by atoms with Crippen molar-refractivity contribution < 1.29 is 4.79 Å². The monoisotopic (exact) mass is 282 g/mol. The van der Waals surface area contributed by atoms with E-state index < -0.39 is 0 Å². The van der Waals surface area contributed by atoms with E-state index in [-0.39, 0.29) is 11.6 Å². The molecule has 0 radical (unpaired) electrons. The topological polar surface area (TPSA) is 81.8 Å². The van der Waals surface area contributed by atoms with Gasteiger partial charge in [-0.15, -0.1) is 0 Å². The number of fused-ring (bicyclic) bond motifs is 1. The molecule has 0 aliphatic carbocycles. The fourth-order valence-corrected chi connectivity index (χ4v) is 2.26. The van der Waals surface area contributed by atoms with Gasteiger partial charge in [-0.2, -0.15) is 0 Å². The Morgan fingerprint density at radius 2 is 2.00 bits per heavy atom. The molecule has 0 atom stereocenters. The van der Waals surface area contributed by atoms with Gasteiger partial charge < -0.3 is 14.9 Å². The van der Waals surface area contributed by atoms with Crippen molar-refractivity contribution in [1.82, 2.24) is 19.9 Å². The molecular formula is C15H14N4O2. The quantitative estimate of drug-likeness (QED) is 0.749. The first kappa shape index (κ1) is 13.1. The summed E-state index contributed by atoms with van der Waals surface area (Å²) in [6.45, 7) is 0. The van der Waals surface area contributed by atoms with Gasteiger partial charge in [0.1, 0.15) is 0 Å². The summed E-state index contributed by atoms with van der Waals surface area (Å²) in [6, 6.07) is 7.32. The number of H-pyrrole nitrogens is 2. The third kappa shape index (κ3) is 2.31. The summed E-state index contributed by atoms with van der Waals surface area (Å²) >= 11 is 0. The highest BCUT2D eigenvalue weighted by Crippen LogP contribution is 2.25. The molecule has 0 fully saturated rings. The fraction of sp³-hybridized carbons (Fsp3) is 0.133. The number of pyridine rings is 1. The summed E-state index contributed by atoms with van der Waals surface area (Å²) in [7, 11) is 3.39. The van der Waals surface area contributed by atoms with Crippen LogP contribution in [-0.2, 0) is 0 Å². The summed E-state index contributed by atoms with van der Waals surface area (Å²) in [6.07, 6.45) is 3.21. The van der Waals surface area contributed by atoms with Crippen molar-refractivity contribution in [3.8, 4) is 11.1 Å². The number of carbonyl (C=O) groups is 1. The average Bonchev–Trinajstić information content (AvgIpc) is 2.86. The van der Waals surface area contributed by atoms with Gasteiger partial charge in [-0.05, 0) is 12.1 Å². The Morgan fingerprint density at radius 3 is 2.76 bits per heavy atom. The summed E-state index contributed by atoms with van der Waals surface area (Å²) in [4.78, 5) is 34.6. The van der Waals surface area contributed by atoms with E-state index in [4.69, 9.17) is 0 Å². The van der Waals surface area contributed by atoms with Crippen LogP contribution in [0.4, 0.5) is 0 Å². The van der Waals surface area contributed by atoms with Crippen LogP contribution in [0.25, 0.3) is 22.2 Å². The molecule has 6 nitrogen and oxygen atoms in total. The Hall–Kier alpha value is -2.89. The van der Waals surface area contributed by atoms with E-state index in [1.54, 1.807) is 26.4 Å². The maximum Gasteiger partial charge on any atom is 0.323 e. The molecule has 0 aliphatic heterocycles. The molecule has 0 aliphatic rings. The second kappa shape index (κ2) is 4.90. The zero-order valence-corrected chi connectivity index (χ0v) is 11.7. The second-order valence-electron chi connectivity index (χ2n) is 4.97. The number of rotatable bonds is 2. The van der Waals surface area contributed by atoms with Crippen LogP contribution in [0, 0.1) is 0 Å². The van der Waals surface area contributed by atoms with Gasteiger partial charge >= 0.3 is 5.69 Å². The predicted octanol–water partition coefficient (Wildman–Crippen LogP) is 1.62. The van der Waals surface area contributed by atoms with Crippen molar-refractivity contribution in [3.05, 3.63) is 52.7 Å². The van der Waals surface area contributed by atoms with Gasteiger partial charge in [0, 0.05) is 37.6 Å². The number of hydrogen-bond donors (Lipinski definition) is 2. The molecular weight excluding hydrogens is 268 g/mol. The van der Waals surface area contributed by atoms with E-state index in [0.29, 0.717) is 11.1 Å². The van der Waals surface area contributed by atoms with Gasteiger partial charge in [-0.25, -0.2) is 4.79 Å². The highest BCUT2D eigenvalue weighted by molar-refractivity contribution is 5.97. The second-order valence-corrected chi connectivity index (χ2v) is 4.97. The van der Waals surface area contributed by atoms with Crippen molar-refractivity contribution in [2.45, 2.75) is 0 Å².